The Morgan fingerprint density at radius 1 is 1.24 bits per heavy atom. The van der Waals surface area contributed by atoms with Crippen molar-refractivity contribution in [2.45, 2.75) is 12.6 Å². The number of carbonyl (C=O) groups is 2. The van der Waals surface area contributed by atoms with E-state index in [-0.39, 0.29) is 19.2 Å². The highest BCUT2D eigenvalue weighted by molar-refractivity contribution is 5.94. The molecule has 130 valence electrons. The van der Waals surface area contributed by atoms with Gasteiger partial charge in [0, 0.05) is 24.0 Å². The minimum absolute atomic E-state index is 0.128. The summed E-state index contributed by atoms with van der Waals surface area (Å²) < 4.78 is 5.37. The smallest absolute Gasteiger partial charge is 0.328 e. The molecule has 1 amide bonds. The maximum absolute atomic E-state index is 11.8. The van der Waals surface area contributed by atoms with Crippen molar-refractivity contribution in [3.05, 3.63) is 59.9 Å². The third-order valence-corrected chi connectivity index (χ3v) is 3.13. The average molecular weight is 342 g/mol. The van der Waals surface area contributed by atoms with Gasteiger partial charge in [-0.25, -0.2) is 14.8 Å². The minimum Gasteiger partial charge on any atom is -0.480 e. The molecule has 1 aromatic carbocycles. The van der Waals surface area contributed by atoms with Crippen LogP contribution < -0.4 is 11.1 Å². The van der Waals surface area contributed by atoms with Crippen LogP contribution in [0.25, 0.3) is 6.08 Å². The number of ether oxygens (including phenoxy) is 1. The van der Waals surface area contributed by atoms with Crippen LogP contribution in [0, 0.1) is 0 Å². The molecule has 2 rings (SSSR count). The van der Waals surface area contributed by atoms with Crippen molar-refractivity contribution >= 4 is 23.9 Å². The van der Waals surface area contributed by atoms with E-state index in [2.05, 4.69) is 15.3 Å². The molecule has 1 heterocycles. The van der Waals surface area contributed by atoms with Gasteiger partial charge in [-0.3, -0.25) is 4.79 Å². The first-order chi connectivity index (χ1) is 12.0. The molecule has 8 heteroatoms. The SMILES string of the molecule is Nc1ncc(C=CC(=O)N[C@@H](COCc2ccccc2)C(=O)O)cn1. The van der Waals surface area contributed by atoms with Gasteiger partial charge >= 0.3 is 5.97 Å². The lowest BCUT2D eigenvalue weighted by Gasteiger charge is -2.13. The van der Waals surface area contributed by atoms with E-state index in [1.54, 1.807) is 0 Å². The van der Waals surface area contributed by atoms with Crippen LogP contribution in [-0.2, 0) is 20.9 Å². The van der Waals surface area contributed by atoms with Crippen LogP contribution in [0.15, 0.2) is 48.8 Å². The summed E-state index contributed by atoms with van der Waals surface area (Å²) in [5.41, 5.74) is 6.85. The number of carbonyl (C=O) groups excluding carboxylic acids is 1. The Morgan fingerprint density at radius 2 is 1.92 bits per heavy atom. The van der Waals surface area contributed by atoms with Gasteiger partial charge in [0.2, 0.25) is 11.9 Å². The summed E-state index contributed by atoms with van der Waals surface area (Å²) >= 11 is 0. The van der Waals surface area contributed by atoms with Crippen molar-refractivity contribution in [1.82, 2.24) is 15.3 Å². The molecule has 0 aliphatic rings. The molecule has 25 heavy (non-hydrogen) atoms. The molecule has 0 radical (unpaired) electrons. The molecule has 0 fully saturated rings. The van der Waals surface area contributed by atoms with Gasteiger partial charge in [-0.05, 0) is 11.6 Å². The van der Waals surface area contributed by atoms with Crippen molar-refractivity contribution in [2.75, 3.05) is 12.3 Å². The molecule has 4 N–H and O–H groups in total. The summed E-state index contributed by atoms with van der Waals surface area (Å²) in [6, 6.07) is 8.19. The summed E-state index contributed by atoms with van der Waals surface area (Å²) in [5, 5.41) is 11.6. The van der Waals surface area contributed by atoms with Gasteiger partial charge in [0.15, 0.2) is 6.04 Å². The van der Waals surface area contributed by atoms with Gasteiger partial charge < -0.3 is 20.9 Å². The summed E-state index contributed by atoms with van der Waals surface area (Å²) in [6.45, 7) is 0.119. The van der Waals surface area contributed by atoms with Crippen molar-refractivity contribution in [1.29, 1.82) is 0 Å². The Morgan fingerprint density at radius 3 is 2.56 bits per heavy atom. The molecule has 2 aromatic rings. The zero-order valence-corrected chi connectivity index (χ0v) is 13.3. The third kappa shape index (κ3) is 6.40. The monoisotopic (exact) mass is 342 g/mol. The Bertz CT molecular complexity index is 732. The zero-order valence-electron chi connectivity index (χ0n) is 13.3. The zero-order chi connectivity index (χ0) is 18.1. The van der Waals surface area contributed by atoms with E-state index >= 15 is 0 Å². The van der Waals surface area contributed by atoms with E-state index in [0.717, 1.165) is 5.56 Å². The normalized spacial score (nSPS) is 12.0. The average Bonchev–Trinajstić information content (AvgIpc) is 2.61. The topological polar surface area (TPSA) is 127 Å². The molecule has 8 nitrogen and oxygen atoms in total. The highest BCUT2D eigenvalue weighted by atomic mass is 16.5. The third-order valence-electron chi connectivity index (χ3n) is 3.13. The molecule has 0 bridgehead atoms. The Kier molecular flexibility index (Phi) is 6.61. The number of benzene rings is 1. The van der Waals surface area contributed by atoms with Crippen LogP contribution in [-0.4, -0.2) is 39.6 Å². The van der Waals surface area contributed by atoms with Gasteiger partial charge in [-0.15, -0.1) is 0 Å². The Balaban J connectivity index is 1.84. The molecule has 1 aromatic heterocycles. The maximum atomic E-state index is 11.8. The summed E-state index contributed by atoms with van der Waals surface area (Å²) in [7, 11) is 0. The first-order valence-corrected chi connectivity index (χ1v) is 7.45. The van der Waals surface area contributed by atoms with Crippen LogP contribution in [0.2, 0.25) is 0 Å². The Labute approximate surface area is 144 Å². The first-order valence-electron chi connectivity index (χ1n) is 7.45. The van der Waals surface area contributed by atoms with Crippen LogP contribution in [0.1, 0.15) is 11.1 Å². The van der Waals surface area contributed by atoms with Crippen LogP contribution in [0.5, 0.6) is 0 Å². The fourth-order valence-electron chi connectivity index (χ4n) is 1.87. The second-order valence-electron chi connectivity index (χ2n) is 5.11. The Hall–Kier alpha value is -3.26. The van der Waals surface area contributed by atoms with E-state index in [0.29, 0.717) is 5.56 Å². The molecular weight excluding hydrogens is 324 g/mol. The number of aromatic nitrogens is 2. The number of anilines is 1. The maximum Gasteiger partial charge on any atom is 0.328 e. The predicted octanol–water partition coefficient (Wildman–Crippen LogP) is 0.858. The van der Waals surface area contributed by atoms with Gasteiger partial charge in [-0.2, -0.15) is 0 Å². The summed E-state index contributed by atoms with van der Waals surface area (Å²) in [6.07, 6.45) is 5.55. The van der Waals surface area contributed by atoms with Crippen LogP contribution in [0.4, 0.5) is 5.95 Å². The molecule has 0 unspecified atom stereocenters. The highest BCUT2D eigenvalue weighted by Gasteiger charge is 2.19. The van der Waals surface area contributed by atoms with E-state index in [4.69, 9.17) is 10.5 Å². The number of rotatable bonds is 8. The number of carboxylic acid groups (broad SMARTS) is 1. The first kappa shape index (κ1) is 18.1. The standard InChI is InChI=1S/C17H18N4O4/c18-17-19-8-13(9-20-17)6-7-15(22)21-14(16(23)24)11-25-10-12-4-2-1-3-5-12/h1-9,14H,10-11H2,(H,21,22)(H,23,24)(H2,18,19,20)/t14-/m0/s1. The molecule has 0 aliphatic heterocycles. The van der Waals surface area contributed by atoms with E-state index in [9.17, 15) is 14.7 Å². The van der Waals surface area contributed by atoms with Crippen molar-refractivity contribution in [3.8, 4) is 0 Å². The predicted molar refractivity (Wildman–Crippen MR) is 91.1 cm³/mol. The van der Waals surface area contributed by atoms with E-state index in [1.807, 2.05) is 30.3 Å². The molecular formula is C17H18N4O4. The van der Waals surface area contributed by atoms with Crippen molar-refractivity contribution in [2.24, 2.45) is 0 Å². The number of amides is 1. The number of hydrogen-bond donors (Lipinski definition) is 3. The fraction of sp³-hybridized carbons (Fsp3) is 0.176. The second-order valence-corrected chi connectivity index (χ2v) is 5.11. The number of nitrogens with two attached hydrogens (primary N) is 1. The number of carboxylic acids is 1. The lowest BCUT2D eigenvalue weighted by molar-refractivity contribution is -0.143. The lowest BCUT2D eigenvalue weighted by atomic mass is 10.2. The van der Waals surface area contributed by atoms with Crippen molar-refractivity contribution in [3.63, 3.8) is 0 Å². The largest absolute Gasteiger partial charge is 0.480 e. The summed E-state index contributed by atoms with van der Waals surface area (Å²) in [4.78, 5) is 30.7. The fourth-order valence-corrected chi connectivity index (χ4v) is 1.87. The number of aliphatic carboxylic acids is 1. The van der Waals surface area contributed by atoms with E-state index in [1.165, 1.54) is 24.5 Å². The molecule has 0 saturated carbocycles. The molecule has 1 atom stereocenters. The lowest BCUT2D eigenvalue weighted by Crippen LogP contribution is -2.43. The van der Waals surface area contributed by atoms with E-state index < -0.39 is 17.9 Å². The molecule has 0 spiro atoms. The van der Waals surface area contributed by atoms with Gasteiger partial charge in [-0.1, -0.05) is 30.3 Å². The second kappa shape index (κ2) is 9.14. The van der Waals surface area contributed by atoms with Crippen molar-refractivity contribution < 1.29 is 19.4 Å². The number of nitrogen functional groups attached to an aromatic ring is 1. The molecule has 0 saturated heterocycles. The van der Waals surface area contributed by atoms with Crippen LogP contribution in [0.3, 0.4) is 0 Å². The number of hydrogen-bond acceptors (Lipinski definition) is 6. The minimum atomic E-state index is -1.18. The van der Waals surface area contributed by atoms with Gasteiger partial charge in [0.1, 0.15) is 0 Å². The number of nitrogens with one attached hydrogen (secondary N) is 1. The van der Waals surface area contributed by atoms with Gasteiger partial charge in [0.05, 0.1) is 13.2 Å². The summed E-state index contributed by atoms with van der Waals surface area (Å²) in [5.74, 6) is -1.61. The molecule has 0 aliphatic carbocycles. The van der Waals surface area contributed by atoms with Crippen LogP contribution >= 0.6 is 0 Å². The van der Waals surface area contributed by atoms with Gasteiger partial charge in [0.25, 0.3) is 0 Å². The quantitative estimate of drug-likeness (QED) is 0.607. The highest BCUT2D eigenvalue weighted by Crippen LogP contribution is 2.02. The number of nitrogens with zero attached hydrogens (tertiary/aromatic N) is 2.